The minimum Gasteiger partial charge on any atom is -0.434 e. The molecular weight excluding hydrogens is 342 g/mol. The molecule has 0 N–H and O–H groups in total. The van der Waals surface area contributed by atoms with Crippen molar-refractivity contribution in [1.29, 1.82) is 0 Å². The molecule has 0 unspecified atom stereocenters. The van der Waals surface area contributed by atoms with Crippen LogP contribution < -0.4 is 4.74 Å². The first-order valence-corrected chi connectivity index (χ1v) is 7.04. The molecule has 0 aliphatic heterocycles. The van der Waals surface area contributed by atoms with Crippen molar-refractivity contribution in [2.24, 2.45) is 0 Å². The second-order valence-corrected chi connectivity index (χ2v) is 5.35. The zero-order chi connectivity index (χ0) is 15.0. The zero-order valence-electron chi connectivity index (χ0n) is 11.1. The van der Waals surface area contributed by atoms with Crippen LogP contribution in [0.1, 0.15) is 5.69 Å². The minimum atomic E-state index is -2.86. The lowest BCUT2D eigenvalue weighted by atomic mass is 10.1. The Morgan fingerprint density at radius 1 is 1.19 bits per heavy atom. The number of para-hydroxylation sites is 1. The van der Waals surface area contributed by atoms with Gasteiger partial charge in [-0.3, -0.25) is 0 Å². The fourth-order valence-corrected chi connectivity index (χ4v) is 2.49. The highest BCUT2D eigenvalue weighted by atomic mass is 79.9. The molecular formula is C15H11BrF2N2O. The molecule has 0 radical (unpaired) electrons. The van der Waals surface area contributed by atoms with Crippen molar-refractivity contribution in [1.82, 2.24) is 9.38 Å². The largest absolute Gasteiger partial charge is 0.434 e. The number of pyridine rings is 1. The molecule has 3 aromatic rings. The van der Waals surface area contributed by atoms with Gasteiger partial charge in [-0.05, 0) is 47.1 Å². The van der Waals surface area contributed by atoms with Gasteiger partial charge in [0.2, 0.25) is 0 Å². The van der Waals surface area contributed by atoms with Gasteiger partial charge in [-0.1, -0.05) is 12.1 Å². The zero-order valence-corrected chi connectivity index (χ0v) is 12.6. The quantitative estimate of drug-likeness (QED) is 0.684. The highest BCUT2D eigenvalue weighted by molar-refractivity contribution is 9.10. The SMILES string of the molecule is Cc1c(Br)ccc2nc(-c3ccccc3OC(F)F)cn12. The molecule has 2 aromatic heterocycles. The summed E-state index contributed by atoms with van der Waals surface area (Å²) in [4.78, 5) is 4.47. The molecule has 0 aliphatic carbocycles. The van der Waals surface area contributed by atoms with Gasteiger partial charge < -0.3 is 9.14 Å². The van der Waals surface area contributed by atoms with E-state index in [0.29, 0.717) is 11.3 Å². The van der Waals surface area contributed by atoms with Crippen molar-refractivity contribution < 1.29 is 13.5 Å². The van der Waals surface area contributed by atoms with Gasteiger partial charge in [0.25, 0.3) is 0 Å². The molecule has 0 saturated heterocycles. The number of halogens is 3. The number of nitrogens with zero attached hydrogens (tertiary/aromatic N) is 2. The molecule has 0 amide bonds. The van der Waals surface area contributed by atoms with Crippen molar-refractivity contribution in [3.05, 3.63) is 52.8 Å². The molecule has 1 aromatic carbocycles. The van der Waals surface area contributed by atoms with Crippen molar-refractivity contribution in [2.75, 3.05) is 0 Å². The summed E-state index contributed by atoms with van der Waals surface area (Å²) in [6, 6.07) is 10.4. The molecule has 6 heteroatoms. The molecule has 2 heterocycles. The second kappa shape index (κ2) is 5.44. The number of hydrogen-bond donors (Lipinski definition) is 0. The Morgan fingerprint density at radius 2 is 1.95 bits per heavy atom. The Morgan fingerprint density at radius 3 is 2.71 bits per heavy atom. The van der Waals surface area contributed by atoms with Crippen LogP contribution in [-0.4, -0.2) is 16.0 Å². The van der Waals surface area contributed by atoms with Gasteiger partial charge in [0.15, 0.2) is 0 Å². The van der Waals surface area contributed by atoms with Crippen LogP contribution in [0.15, 0.2) is 47.1 Å². The van der Waals surface area contributed by atoms with E-state index in [1.165, 1.54) is 6.07 Å². The second-order valence-electron chi connectivity index (χ2n) is 4.50. The van der Waals surface area contributed by atoms with E-state index >= 15 is 0 Å². The third kappa shape index (κ3) is 2.63. The van der Waals surface area contributed by atoms with E-state index in [9.17, 15) is 8.78 Å². The average Bonchev–Trinajstić information content (AvgIpc) is 2.88. The van der Waals surface area contributed by atoms with E-state index in [2.05, 4.69) is 25.7 Å². The van der Waals surface area contributed by atoms with Crippen molar-refractivity contribution in [3.8, 4) is 17.0 Å². The summed E-state index contributed by atoms with van der Waals surface area (Å²) in [7, 11) is 0. The molecule has 0 spiro atoms. The molecule has 0 atom stereocenters. The predicted octanol–water partition coefficient (Wildman–Crippen LogP) is 4.67. The number of rotatable bonds is 3. The van der Waals surface area contributed by atoms with Gasteiger partial charge in [-0.2, -0.15) is 8.78 Å². The summed E-state index contributed by atoms with van der Waals surface area (Å²) < 4.78 is 32.4. The third-order valence-corrected chi connectivity index (χ3v) is 4.04. The summed E-state index contributed by atoms with van der Waals surface area (Å²) in [6.45, 7) is -0.913. The lowest BCUT2D eigenvalue weighted by Crippen LogP contribution is -2.03. The number of benzene rings is 1. The Balaban J connectivity index is 2.15. The summed E-state index contributed by atoms with van der Waals surface area (Å²) in [6.07, 6.45) is 1.81. The fraction of sp³-hybridized carbons (Fsp3) is 0.133. The number of aromatic nitrogens is 2. The Bertz CT molecular complexity index is 801. The molecule has 0 bridgehead atoms. The van der Waals surface area contributed by atoms with Crippen LogP contribution >= 0.6 is 15.9 Å². The normalized spacial score (nSPS) is 11.3. The van der Waals surface area contributed by atoms with E-state index in [4.69, 9.17) is 0 Å². The summed E-state index contributed by atoms with van der Waals surface area (Å²) in [5, 5.41) is 0. The number of aryl methyl sites for hydroxylation is 1. The van der Waals surface area contributed by atoms with Crippen molar-refractivity contribution >= 4 is 21.6 Å². The first-order chi connectivity index (χ1) is 10.1. The summed E-state index contributed by atoms with van der Waals surface area (Å²) >= 11 is 3.46. The Hall–Kier alpha value is -1.95. The first-order valence-electron chi connectivity index (χ1n) is 6.24. The standard InChI is InChI=1S/C15H11BrF2N2O/c1-9-11(16)6-7-14-19-12(8-20(9)14)10-4-2-3-5-13(10)21-15(17)18/h2-8,15H,1H3. The maximum Gasteiger partial charge on any atom is 0.387 e. The van der Waals surface area contributed by atoms with E-state index in [0.717, 1.165) is 15.8 Å². The van der Waals surface area contributed by atoms with Gasteiger partial charge >= 0.3 is 6.61 Å². The van der Waals surface area contributed by atoms with E-state index in [1.807, 2.05) is 29.7 Å². The van der Waals surface area contributed by atoms with Crippen LogP contribution in [0.5, 0.6) is 5.75 Å². The molecule has 21 heavy (non-hydrogen) atoms. The van der Waals surface area contributed by atoms with Crippen LogP contribution in [0.2, 0.25) is 0 Å². The molecule has 108 valence electrons. The molecule has 3 rings (SSSR count). The van der Waals surface area contributed by atoms with Crippen LogP contribution in [0.25, 0.3) is 16.9 Å². The number of ether oxygens (including phenoxy) is 1. The molecule has 0 aliphatic rings. The third-order valence-electron chi connectivity index (χ3n) is 3.20. The maximum atomic E-state index is 12.5. The highest BCUT2D eigenvalue weighted by Gasteiger charge is 2.14. The van der Waals surface area contributed by atoms with Crippen LogP contribution in [-0.2, 0) is 0 Å². The Labute approximate surface area is 128 Å². The number of alkyl halides is 2. The number of imidazole rings is 1. The van der Waals surface area contributed by atoms with E-state index in [1.54, 1.807) is 18.2 Å². The van der Waals surface area contributed by atoms with Gasteiger partial charge in [0.05, 0.1) is 5.69 Å². The van der Waals surface area contributed by atoms with Crippen molar-refractivity contribution in [3.63, 3.8) is 0 Å². The molecule has 3 nitrogen and oxygen atoms in total. The number of fused-ring (bicyclic) bond motifs is 1. The summed E-state index contributed by atoms with van der Waals surface area (Å²) in [5.41, 5.74) is 2.86. The minimum absolute atomic E-state index is 0.118. The van der Waals surface area contributed by atoms with E-state index in [-0.39, 0.29) is 5.75 Å². The van der Waals surface area contributed by atoms with Crippen molar-refractivity contribution in [2.45, 2.75) is 13.5 Å². The predicted molar refractivity (Wildman–Crippen MR) is 79.7 cm³/mol. The summed E-state index contributed by atoms with van der Waals surface area (Å²) in [5.74, 6) is 0.118. The average molecular weight is 353 g/mol. The molecule has 0 saturated carbocycles. The van der Waals surface area contributed by atoms with Gasteiger partial charge in [-0.25, -0.2) is 4.98 Å². The molecule has 0 fully saturated rings. The number of hydrogen-bond acceptors (Lipinski definition) is 2. The monoisotopic (exact) mass is 352 g/mol. The maximum absolute atomic E-state index is 12.5. The fourth-order valence-electron chi connectivity index (χ4n) is 2.17. The topological polar surface area (TPSA) is 26.5 Å². The first kappa shape index (κ1) is 14.0. The van der Waals surface area contributed by atoms with Crippen LogP contribution in [0, 0.1) is 6.92 Å². The Kier molecular flexibility index (Phi) is 3.63. The van der Waals surface area contributed by atoms with Crippen LogP contribution in [0.4, 0.5) is 8.78 Å². The lowest BCUT2D eigenvalue weighted by molar-refractivity contribution is -0.0494. The smallest absolute Gasteiger partial charge is 0.387 e. The van der Waals surface area contributed by atoms with E-state index < -0.39 is 6.61 Å². The lowest BCUT2D eigenvalue weighted by Gasteiger charge is -2.08. The van der Waals surface area contributed by atoms with Gasteiger partial charge in [-0.15, -0.1) is 0 Å². The van der Waals surface area contributed by atoms with Crippen LogP contribution in [0.3, 0.4) is 0 Å². The van der Waals surface area contributed by atoms with Gasteiger partial charge in [0.1, 0.15) is 11.4 Å². The van der Waals surface area contributed by atoms with Gasteiger partial charge in [0, 0.05) is 21.9 Å². The highest BCUT2D eigenvalue weighted by Crippen LogP contribution is 2.31.